The van der Waals surface area contributed by atoms with E-state index in [1.807, 2.05) is 0 Å². The third-order valence-corrected chi connectivity index (χ3v) is 1.86. The topological polar surface area (TPSA) is 60.7 Å². The molecule has 1 atom stereocenters. The van der Waals surface area contributed by atoms with Gasteiger partial charge in [0.05, 0.1) is 0 Å². The molecule has 0 saturated heterocycles. The number of allylic oxidation sites excluding steroid dienone is 4. The Morgan fingerprint density at radius 1 is 1.19 bits per heavy atom. The second-order valence-corrected chi connectivity index (χ2v) is 2.55. The van der Waals surface area contributed by atoms with Crippen molar-refractivity contribution < 1.29 is 37.0 Å². The van der Waals surface area contributed by atoms with Gasteiger partial charge in [0.25, 0.3) is 0 Å². The van der Waals surface area contributed by atoms with Gasteiger partial charge in [-0.2, -0.15) is 6.08 Å². The number of aliphatic hydroxyl groups excluding tert-OH is 3. The van der Waals surface area contributed by atoms with Gasteiger partial charge < -0.3 is 15.3 Å². The van der Waals surface area contributed by atoms with Gasteiger partial charge in [0.1, 0.15) is 0 Å². The molecule has 1 aliphatic rings. The summed E-state index contributed by atoms with van der Waals surface area (Å²) in [6.45, 7) is 4.46. The number of rotatable bonds is 2. The Kier molecular flexibility index (Phi) is 38.1. The van der Waals surface area contributed by atoms with Crippen LogP contribution in [0, 0.1) is 12.0 Å². The maximum atomic E-state index is 7.00. The van der Waals surface area contributed by atoms with E-state index < -0.39 is 0 Å². The molecule has 0 aromatic heterocycles. The van der Waals surface area contributed by atoms with Crippen LogP contribution in [0.2, 0.25) is 0 Å². The largest absolute Gasteiger partial charge is 0.400 e. The smallest absolute Gasteiger partial charge is 0.0319 e. The van der Waals surface area contributed by atoms with Gasteiger partial charge in [0, 0.05) is 43.0 Å². The van der Waals surface area contributed by atoms with Crippen molar-refractivity contribution in [1.82, 2.24) is 0 Å². The Morgan fingerprint density at radius 3 is 1.88 bits per heavy atom. The Bertz CT molecular complexity index is 156. The van der Waals surface area contributed by atoms with E-state index in [-0.39, 0.29) is 21.7 Å². The van der Waals surface area contributed by atoms with Crippen molar-refractivity contribution in [1.29, 1.82) is 0 Å². The van der Waals surface area contributed by atoms with Crippen molar-refractivity contribution in [2.24, 2.45) is 5.92 Å². The molecule has 3 N–H and O–H groups in total. The predicted molar refractivity (Wildman–Crippen MR) is 64.4 cm³/mol. The molecular weight excluding hydrogens is 240 g/mol. The van der Waals surface area contributed by atoms with Crippen molar-refractivity contribution in [3.05, 3.63) is 23.8 Å². The van der Waals surface area contributed by atoms with Gasteiger partial charge in [-0.3, -0.25) is 6.08 Å². The fourth-order valence-corrected chi connectivity index (χ4v) is 0.980. The average Bonchev–Trinajstić information content (AvgIpc) is 2.89. The van der Waals surface area contributed by atoms with E-state index in [9.17, 15) is 0 Å². The van der Waals surface area contributed by atoms with Crippen LogP contribution >= 0.6 is 0 Å². The van der Waals surface area contributed by atoms with Crippen LogP contribution in [0.5, 0.6) is 0 Å². The summed E-state index contributed by atoms with van der Waals surface area (Å²) >= 11 is 0. The van der Waals surface area contributed by atoms with Crippen LogP contribution in [0.4, 0.5) is 0 Å². The molecule has 0 amide bonds. The first-order chi connectivity index (χ1) is 7.34. The van der Waals surface area contributed by atoms with Crippen molar-refractivity contribution >= 4 is 0 Å². The molecule has 16 heavy (non-hydrogen) atoms. The van der Waals surface area contributed by atoms with Gasteiger partial charge in [-0.25, -0.2) is 11.6 Å². The second-order valence-electron chi connectivity index (χ2n) is 2.55. The zero-order chi connectivity index (χ0) is 12.7. The van der Waals surface area contributed by atoms with E-state index in [0.717, 1.165) is 27.8 Å². The van der Waals surface area contributed by atoms with Gasteiger partial charge in [-0.05, 0) is 0 Å². The number of aliphatic hydroxyl groups is 3. The maximum Gasteiger partial charge on any atom is 0.0319 e. The minimum atomic E-state index is 0. The van der Waals surface area contributed by atoms with Gasteiger partial charge in [-0.1, -0.05) is 26.2 Å². The fourth-order valence-electron chi connectivity index (χ4n) is 0.980. The van der Waals surface area contributed by atoms with E-state index in [4.69, 9.17) is 15.3 Å². The van der Waals surface area contributed by atoms with Crippen molar-refractivity contribution in [3.8, 4) is 0 Å². The Balaban J connectivity index is -0.0000000900. The molecule has 4 heteroatoms. The molecule has 1 unspecified atom stereocenters. The van der Waals surface area contributed by atoms with Crippen molar-refractivity contribution in [2.75, 3.05) is 21.3 Å². The van der Waals surface area contributed by atoms with Gasteiger partial charge >= 0.3 is 0 Å². The summed E-state index contributed by atoms with van der Waals surface area (Å²) in [7, 11) is 3.00. The molecule has 1 rings (SSSR count). The fraction of sp³-hybridized carbons (Fsp3) is 0.667. The zero-order valence-corrected chi connectivity index (χ0v) is 12.5. The summed E-state index contributed by atoms with van der Waals surface area (Å²) in [5, 5.41) is 21.0. The molecular formula is C12H25O3Ti-. The molecule has 0 spiro atoms. The summed E-state index contributed by atoms with van der Waals surface area (Å²) in [6, 6.07) is 0. The average molecular weight is 265 g/mol. The summed E-state index contributed by atoms with van der Waals surface area (Å²) in [5.41, 5.74) is 1.40. The molecule has 0 saturated carbocycles. The standard InChI is InChI=1S/C9H13.3CH4O.Ti/c1-3-8(2)9-6-4-5-7-9;3*1-2;/h4,6,8H,3,5H2,1-2H3;3*2H,1H3;/q-1;;;;. The van der Waals surface area contributed by atoms with Crippen molar-refractivity contribution in [3.63, 3.8) is 0 Å². The van der Waals surface area contributed by atoms with Crippen LogP contribution in [-0.2, 0) is 21.7 Å². The zero-order valence-electron chi connectivity index (χ0n) is 11.0. The van der Waals surface area contributed by atoms with Gasteiger partial charge in [0.2, 0.25) is 0 Å². The first-order valence-electron chi connectivity index (χ1n) is 4.96. The normalized spacial score (nSPS) is 12.4. The minimum absolute atomic E-state index is 0. The quantitative estimate of drug-likeness (QED) is 0.524. The van der Waals surface area contributed by atoms with Crippen LogP contribution in [0.1, 0.15) is 26.7 Å². The molecule has 1 aliphatic carbocycles. The predicted octanol–water partition coefficient (Wildman–Crippen LogP) is 1.54. The van der Waals surface area contributed by atoms with Crippen LogP contribution in [0.25, 0.3) is 0 Å². The molecule has 0 bridgehead atoms. The first kappa shape index (κ1) is 25.1. The van der Waals surface area contributed by atoms with E-state index in [1.165, 1.54) is 12.0 Å². The van der Waals surface area contributed by atoms with Crippen LogP contribution in [-0.4, -0.2) is 36.6 Å². The van der Waals surface area contributed by atoms with E-state index in [0.29, 0.717) is 5.92 Å². The van der Waals surface area contributed by atoms with Crippen LogP contribution in [0.15, 0.2) is 17.7 Å². The van der Waals surface area contributed by atoms with Gasteiger partial charge in [-0.15, -0.1) is 6.42 Å². The van der Waals surface area contributed by atoms with Crippen LogP contribution < -0.4 is 0 Å². The third kappa shape index (κ3) is 14.1. The Morgan fingerprint density at radius 2 is 1.62 bits per heavy atom. The first-order valence-corrected chi connectivity index (χ1v) is 4.96. The molecule has 0 aromatic carbocycles. The SMILES string of the molecule is CCC(C)C1=[C-]CC=C1.CO.CO.CO.[Ti]. The molecule has 0 radical (unpaired) electrons. The van der Waals surface area contributed by atoms with E-state index >= 15 is 0 Å². The van der Waals surface area contributed by atoms with Crippen LogP contribution in [0.3, 0.4) is 0 Å². The Labute approximate surface area is 115 Å². The van der Waals surface area contributed by atoms with Crippen molar-refractivity contribution in [2.45, 2.75) is 26.7 Å². The maximum absolute atomic E-state index is 7.00. The summed E-state index contributed by atoms with van der Waals surface area (Å²) in [6.07, 6.45) is 9.93. The molecule has 0 aliphatic heterocycles. The number of hydrogen-bond donors (Lipinski definition) is 3. The third-order valence-electron chi connectivity index (χ3n) is 1.86. The molecule has 96 valence electrons. The van der Waals surface area contributed by atoms with E-state index in [1.54, 1.807) is 0 Å². The molecule has 0 heterocycles. The minimum Gasteiger partial charge on any atom is -0.400 e. The summed E-state index contributed by atoms with van der Waals surface area (Å²) < 4.78 is 0. The summed E-state index contributed by atoms with van der Waals surface area (Å²) in [5.74, 6) is 0.712. The van der Waals surface area contributed by atoms with Gasteiger partial charge in [0.15, 0.2) is 0 Å². The second kappa shape index (κ2) is 24.3. The molecule has 0 aromatic rings. The molecule has 3 nitrogen and oxygen atoms in total. The Hall–Kier alpha value is 0.0743. The monoisotopic (exact) mass is 265 g/mol. The summed E-state index contributed by atoms with van der Waals surface area (Å²) in [4.78, 5) is 0. The number of hydrogen-bond acceptors (Lipinski definition) is 3. The van der Waals surface area contributed by atoms with E-state index in [2.05, 4.69) is 32.1 Å². The molecule has 0 fully saturated rings.